The van der Waals surface area contributed by atoms with Crippen LogP contribution in [0.25, 0.3) is 10.2 Å². The predicted molar refractivity (Wildman–Crippen MR) is 147 cm³/mol. The molecule has 7 N–H and O–H groups in total. The monoisotopic (exact) mass is 604 g/mol. The van der Waals surface area contributed by atoms with E-state index in [0.717, 1.165) is 16.0 Å². The van der Waals surface area contributed by atoms with Crippen molar-refractivity contribution in [2.24, 2.45) is 10.9 Å². The van der Waals surface area contributed by atoms with Gasteiger partial charge < -0.3 is 32.0 Å². The molecule has 0 spiro atoms. The third-order valence-corrected chi connectivity index (χ3v) is 8.86. The van der Waals surface area contributed by atoms with Crippen LogP contribution in [0.15, 0.2) is 40.3 Å². The number of aromatic nitrogens is 3. The fourth-order valence-electron chi connectivity index (χ4n) is 4.17. The molecule has 0 bridgehead atoms. The second-order valence-corrected chi connectivity index (χ2v) is 11.5. The first-order chi connectivity index (χ1) is 19.2. The molecule has 0 aliphatic carbocycles. The second-order valence-electron chi connectivity index (χ2n) is 8.45. The van der Waals surface area contributed by atoms with Crippen LogP contribution >= 0.6 is 34.4 Å². The maximum absolute atomic E-state index is 13.1. The highest BCUT2D eigenvalue weighted by Crippen LogP contribution is 2.40. The number of aliphatic carboxylic acids is 1. The van der Waals surface area contributed by atoms with Crippen molar-refractivity contribution in [2.75, 3.05) is 30.5 Å². The molecule has 18 heteroatoms. The smallest absolute Gasteiger partial charge is 0.352 e. The van der Waals surface area contributed by atoms with E-state index >= 15 is 0 Å². The summed E-state index contributed by atoms with van der Waals surface area (Å²) in [7, 11) is 1.27. The van der Waals surface area contributed by atoms with Crippen molar-refractivity contribution >= 4 is 84.3 Å². The SMILES string of the molecule is CO/N=C(\C(=O)NC1C(=O)N2C(C(=O)O)=C(C[n+]3ccc4sc(NC(=O)CN)nc4c3)CS[C@H]12)c1csc(N)n1. The van der Waals surface area contributed by atoms with Crippen molar-refractivity contribution in [2.45, 2.75) is 18.0 Å². The van der Waals surface area contributed by atoms with E-state index < -0.39 is 29.2 Å². The number of pyridine rings is 1. The molecule has 5 heterocycles. The molecule has 5 rings (SSSR count). The molecule has 2 aliphatic heterocycles. The maximum atomic E-state index is 13.1. The van der Waals surface area contributed by atoms with E-state index in [9.17, 15) is 24.3 Å². The lowest BCUT2D eigenvalue weighted by Crippen LogP contribution is -2.71. The van der Waals surface area contributed by atoms with Crippen molar-refractivity contribution in [1.82, 2.24) is 20.2 Å². The molecule has 3 aromatic rings. The number of nitrogens with two attached hydrogens (primary N) is 2. The topological polar surface area (TPSA) is 219 Å². The predicted octanol–water partition coefficient (Wildman–Crippen LogP) is -0.691. The zero-order valence-electron chi connectivity index (χ0n) is 20.7. The molecular weight excluding hydrogens is 583 g/mol. The zero-order chi connectivity index (χ0) is 28.6. The van der Waals surface area contributed by atoms with Gasteiger partial charge in [0.2, 0.25) is 5.91 Å². The van der Waals surface area contributed by atoms with Gasteiger partial charge in [-0.25, -0.2) is 14.8 Å². The van der Waals surface area contributed by atoms with Crippen LogP contribution in [0.4, 0.5) is 10.3 Å². The molecule has 0 saturated carbocycles. The summed E-state index contributed by atoms with van der Waals surface area (Å²) in [6.45, 7) is 0.0271. The molecule has 2 aliphatic rings. The van der Waals surface area contributed by atoms with Gasteiger partial charge in [-0.1, -0.05) is 16.5 Å². The zero-order valence-corrected chi connectivity index (χ0v) is 23.1. The molecule has 15 nitrogen and oxygen atoms in total. The number of carboxylic acids is 1. The van der Waals surface area contributed by atoms with Crippen molar-refractivity contribution in [3.05, 3.63) is 40.8 Å². The number of thioether (sulfide) groups is 1. The number of oxime groups is 1. The van der Waals surface area contributed by atoms with Gasteiger partial charge in [0.25, 0.3) is 11.8 Å². The summed E-state index contributed by atoms with van der Waals surface area (Å²) >= 11 is 3.74. The standard InChI is InChI=1S/C22H21N9O6S3/c1-37-29-14(11-8-39-21(24)25-11)17(33)28-15-18(34)31-16(20(35)36)9(7-38-19(15)31)5-30-3-2-12-10(6-30)26-22(40-12)27-13(32)4-23/h2-3,6,8,15,19H,4-5,7,23H2,1H3,(H4-,24,25,26,27,28,32,33,35,36)/p+1/b29-14-/t15?,19-/m1/s1. The molecule has 208 valence electrons. The number of fused-ring (bicyclic) bond motifs is 2. The number of rotatable bonds is 9. The van der Waals surface area contributed by atoms with Gasteiger partial charge in [0.15, 0.2) is 34.9 Å². The minimum absolute atomic E-state index is 0.126. The maximum Gasteiger partial charge on any atom is 0.352 e. The minimum atomic E-state index is -1.25. The summed E-state index contributed by atoms with van der Waals surface area (Å²) in [5.74, 6) is -2.56. The van der Waals surface area contributed by atoms with Gasteiger partial charge in [0.1, 0.15) is 35.4 Å². The third-order valence-electron chi connectivity index (χ3n) is 5.89. The normalized spacial score (nSPS) is 18.8. The Morgan fingerprint density at radius 2 is 2.15 bits per heavy atom. The number of hydrogen-bond acceptors (Lipinski definition) is 13. The van der Waals surface area contributed by atoms with Gasteiger partial charge in [-0.2, -0.15) is 4.57 Å². The summed E-state index contributed by atoms with van der Waals surface area (Å²) in [5, 5.41) is 20.5. The van der Waals surface area contributed by atoms with Crippen molar-refractivity contribution < 1.29 is 33.7 Å². The number of nitrogens with zero attached hydrogens (tertiary/aromatic N) is 5. The second kappa shape index (κ2) is 11.2. The van der Waals surface area contributed by atoms with E-state index in [-0.39, 0.29) is 41.2 Å². The van der Waals surface area contributed by atoms with Crippen molar-refractivity contribution in [1.29, 1.82) is 0 Å². The lowest BCUT2D eigenvalue weighted by molar-refractivity contribution is -0.687. The molecule has 40 heavy (non-hydrogen) atoms. The van der Waals surface area contributed by atoms with Crippen LogP contribution in [-0.4, -0.2) is 80.2 Å². The fraction of sp³-hybridized carbons (Fsp3) is 0.273. The first-order valence-corrected chi connectivity index (χ1v) is 14.3. The van der Waals surface area contributed by atoms with Crippen LogP contribution in [0, 0.1) is 0 Å². The number of β-lactam (4-membered cyclic amide) rings is 1. The summed E-state index contributed by atoms with van der Waals surface area (Å²) in [6, 6.07) is 0.841. The quantitative estimate of drug-likeness (QED) is 0.0890. The summed E-state index contributed by atoms with van der Waals surface area (Å²) in [4.78, 5) is 64.2. The molecule has 1 fully saturated rings. The molecule has 2 atom stereocenters. The van der Waals surface area contributed by atoms with Crippen LogP contribution < -0.4 is 26.7 Å². The summed E-state index contributed by atoms with van der Waals surface area (Å²) in [5.41, 5.74) is 12.0. The Labute approximate surface area is 237 Å². The van der Waals surface area contributed by atoms with Crippen LogP contribution in [0.3, 0.4) is 0 Å². The van der Waals surface area contributed by atoms with E-state index in [1.807, 2.05) is 0 Å². The number of nitrogens with one attached hydrogen (secondary N) is 2. The fourth-order valence-corrected chi connectivity index (χ4v) is 6.90. The van der Waals surface area contributed by atoms with E-state index in [1.165, 1.54) is 40.5 Å². The van der Waals surface area contributed by atoms with Gasteiger partial charge in [-0.15, -0.1) is 23.1 Å². The highest BCUT2D eigenvalue weighted by molar-refractivity contribution is 8.00. The lowest BCUT2D eigenvalue weighted by Gasteiger charge is -2.49. The van der Waals surface area contributed by atoms with Crippen molar-refractivity contribution in [3.63, 3.8) is 0 Å². The van der Waals surface area contributed by atoms with Gasteiger partial charge in [0.05, 0.1) is 11.2 Å². The summed E-state index contributed by atoms with van der Waals surface area (Å²) < 4.78 is 2.58. The first kappa shape index (κ1) is 27.4. The first-order valence-electron chi connectivity index (χ1n) is 11.5. The Kier molecular flexibility index (Phi) is 7.66. The van der Waals surface area contributed by atoms with Crippen LogP contribution in [0.2, 0.25) is 0 Å². The van der Waals surface area contributed by atoms with Gasteiger partial charge in [-0.05, 0) is 0 Å². The number of carboxylic acid groups (broad SMARTS) is 1. The molecule has 0 radical (unpaired) electrons. The molecule has 1 unspecified atom stereocenters. The number of anilines is 2. The van der Waals surface area contributed by atoms with Crippen molar-refractivity contribution in [3.8, 4) is 0 Å². The van der Waals surface area contributed by atoms with Crippen LogP contribution in [0.5, 0.6) is 0 Å². The Morgan fingerprint density at radius 1 is 1.35 bits per heavy atom. The van der Waals surface area contributed by atoms with E-state index in [2.05, 4.69) is 25.8 Å². The highest BCUT2D eigenvalue weighted by Gasteiger charge is 2.54. The average Bonchev–Trinajstić information content (AvgIpc) is 3.54. The van der Waals surface area contributed by atoms with Crippen LogP contribution in [-0.2, 0) is 30.6 Å². The summed E-state index contributed by atoms with van der Waals surface area (Å²) in [6.07, 6.45) is 3.50. The van der Waals surface area contributed by atoms with Crippen LogP contribution in [0.1, 0.15) is 5.69 Å². The van der Waals surface area contributed by atoms with Gasteiger partial charge in [-0.3, -0.25) is 19.3 Å². The van der Waals surface area contributed by atoms with E-state index in [4.69, 9.17) is 16.3 Å². The number of amides is 3. The minimum Gasteiger partial charge on any atom is -0.477 e. The largest absolute Gasteiger partial charge is 0.477 e. The molecular formula is C22H22N9O6S3+. The Morgan fingerprint density at radius 3 is 2.83 bits per heavy atom. The Bertz CT molecular complexity index is 1600. The molecule has 3 amide bonds. The molecule has 0 aromatic carbocycles. The Balaban J connectivity index is 1.33. The number of nitrogen functional groups attached to an aromatic ring is 1. The number of thiazole rings is 2. The molecule has 3 aromatic heterocycles. The van der Waals surface area contributed by atoms with E-state index in [1.54, 1.807) is 23.0 Å². The van der Waals surface area contributed by atoms with Gasteiger partial charge >= 0.3 is 5.97 Å². The Hall–Kier alpha value is -4.13. The highest BCUT2D eigenvalue weighted by atomic mass is 32.2. The number of carbonyl (C=O) groups is 4. The third kappa shape index (κ3) is 5.20. The average molecular weight is 605 g/mol. The number of hydrogen-bond donors (Lipinski definition) is 5. The molecule has 1 saturated heterocycles. The van der Waals surface area contributed by atoms with Gasteiger partial charge in [0, 0.05) is 22.8 Å². The number of carbonyl (C=O) groups excluding carboxylic acids is 3. The van der Waals surface area contributed by atoms with E-state index in [0.29, 0.717) is 22.0 Å². The lowest BCUT2D eigenvalue weighted by atomic mass is 10.0.